The molecule has 128 valence electrons. The van der Waals surface area contributed by atoms with Gasteiger partial charge < -0.3 is 4.90 Å². The Balaban J connectivity index is 1.56. The topological polar surface area (TPSA) is 62.5 Å². The van der Waals surface area contributed by atoms with Crippen molar-refractivity contribution in [3.05, 3.63) is 11.4 Å². The van der Waals surface area contributed by atoms with E-state index in [2.05, 4.69) is 15.2 Å². The van der Waals surface area contributed by atoms with Crippen LogP contribution in [0, 0.1) is 12.8 Å². The molecule has 1 saturated heterocycles. The zero-order valence-corrected chi connectivity index (χ0v) is 14.3. The molecule has 0 radical (unpaired) electrons. The maximum atomic E-state index is 12.8. The Kier molecular flexibility index (Phi) is 5.30. The van der Waals surface area contributed by atoms with Crippen molar-refractivity contribution < 1.29 is 9.42 Å². The molecule has 2 heterocycles. The minimum atomic E-state index is 0.121. The van der Waals surface area contributed by atoms with Crippen molar-refractivity contribution in [2.45, 2.75) is 64.5 Å². The van der Waals surface area contributed by atoms with Crippen molar-refractivity contribution >= 4 is 5.91 Å². The second-order valence-electron chi connectivity index (χ2n) is 7.12. The van der Waals surface area contributed by atoms with Crippen LogP contribution in [0.4, 0.5) is 0 Å². The molecule has 1 aromatic rings. The first-order valence-electron chi connectivity index (χ1n) is 8.92. The van der Waals surface area contributed by atoms with Gasteiger partial charge in [-0.25, -0.2) is 4.63 Å². The number of carbonyl (C=O) groups excluding carboxylic acids is 1. The summed E-state index contributed by atoms with van der Waals surface area (Å²) in [6.07, 6.45) is 8.81. The minimum Gasteiger partial charge on any atom is -0.339 e. The summed E-state index contributed by atoms with van der Waals surface area (Å²) in [7, 11) is 1.86. The van der Waals surface area contributed by atoms with Crippen molar-refractivity contribution in [1.29, 1.82) is 0 Å². The Morgan fingerprint density at radius 1 is 1.22 bits per heavy atom. The van der Waals surface area contributed by atoms with Gasteiger partial charge in [0.1, 0.15) is 11.4 Å². The van der Waals surface area contributed by atoms with Crippen molar-refractivity contribution in [3.8, 4) is 0 Å². The smallest absolute Gasteiger partial charge is 0.227 e. The molecular formula is C17H28N4O2. The first-order valence-corrected chi connectivity index (χ1v) is 8.92. The summed E-state index contributed by atoms with van der Waals surface area (Å²) in [6, 6.07) is 0.701. The molecule has 0 aromatic carbocycles. The highest BCUT2D eigenvalue weighted by Gasteiger charge is 2.32. The van der Waals surface area contributed by atoms with E-state index in [1.165, 1.54) is 32.1 Å². The first kappa shape index (κ1) is 16.4. The highest BCUT2D eigenvalue weighted by molar-refractivity contribution is 5.78. The Morgan fingerprint density at radius 3 is 2.70 bits per heavy atom. The van der Waals surface area contributed by atoms with Crippen LogP contribution in [0.15, 0.2) is 4.63 Å². The third-order valence-electron chi connectivity index (χ3n) is 5.40. The number of carbonyl (C=O) groups is 1. The monoisotopic (exact) mass is 320 g/mol. The maximum Gasteiger partial charge on any atom is 0.227 e. The van der Waals surface area contributed by atoms with Gasteiger partial charge >= 0.3 is 0 Å². The number of nitrogens with zero attached hydrogens (tertiary/aromatic N) is 4. The van der Waals surface area contributed by atoms with Crippen LogP contribution in [-0.4, -0.2) is 52.2 Å². The standard InChI is InChI=1S/C17H28N4O2/c1-13-16(19-23-18-13)12-20(2)17(22)14-7-6-10-21(11-14)15-8-4-3-5-9-15/h14-15H,3-12H2,1-2H3/t14-/m0/s1. The normalized spacial score (nSPS) is 23.8. The zero-order valence-electron chi connectivity index (χ0n) is 14.3. The van der Waals surface area contributed by atoms with E-state index in [9.17, 15) is 4.79 Å². The lowest BCUT2D eigenvalue weighted by atomic mass is 9.89. The molecule has 6 nitrogen and oxygen atoms in total. The van der Waals surface area contributed by atoms with E-state index in [0.29, 0.717) is 12.6 Å². The van der Waals surface area contributed by atoms with Gasteiger partial charge in [-0.1, -0.05) is 29.6 Å². The molecule has 1 aromatic heterocycles. The third kappa shape index (κ3) is 3.91. The summed E-state index contributed by atoms with van der Waals surface area (Å²) in [5.41, 5.74) is 1.51. The Bertz CT molecular complexity index is 524. The first-order chi connectivity index (χ1) is 11.1. The number of aryl methyl sites for hydroxylation is 1. The lowest BCUT2D eigenvalue weighted by Gasteiger charge is -2.40. The number of hydrogen-bond acceptors (Lipinski definition) is 5. The van der Waals surface area contributed by atoms with Crippen LogP contribution in [0.3, 0.4) is 0 Å². The molecule has 0 bridgehead atoms. The molecule has 1 amide bonds. The van der Waals surface area contributed by atoms with Gasteiger partial charge in [-0.2, -0.15) is 0 Å². The van der Waals surface area contributed by atoms with E-state index >= 15 is 0 Å². The second kappa shape index (κ2) is 7.43. The zero-order chi connectivity index (χ0) is 16.2. The predicted molar refractivity (Wildman–Crippen MR) is 86.7 cm³/mol. The maximum absolute atomic E-state index is 12.8. The van der Waals surface area contributed by atoms with Crippen LogP contribution in [0.1, 0.15) is 56.3 Å². The predicted octanol–water partition coefficient (Wildman–Crippen LogP) is 2.38. The number of hydrogen-bond donors (Lipinski definition) is 0. The highest BCUT2D eigenvalue weighted by Crippen LogP contribution is 2.28. The van der Waals surface area contributed by atoms with Crippen molar-refractivity contribution in [2.75, 3.05) is 20.1 Å². The van der Waals surface area contributed by atoms with Gasteiger partial charge in [0.05, 0.1) is 12.5 Å². The summed E-state index contributed by atoms with van der Waals surface area (Å²) in [6.45, 7) is 4.41. The summed E-state index contributed by atoms with van der Waals surface area (Å²) < 4.78 is 4.72. The minimum absolute atomic E-state index is 0.121. The van der Waals surface area contributed by atoms with Crippen molar-refractivity contribution in [1.82, 2.24) is 20.1 Å². The largest absolute Gasteiger partial charge is 0.339 e. The fourth-order valence-corrected chi connectivity index (χ4v) is 3.99. The Hall–Kier alpha value is -1.43. The average Bonchev–Trinajstić information content (AvgIpc) is 3.00. The van der Waals surface area contributed by atoms with E-state index in [-0.39, 0.29) is 11.8 Å². The molecule has 0 spiro atoms. The van der Waals surface area contributed by atoms with Crippen LogP contribution in [-0.2, 0) is 11.3 Å². The van der Waals surface area contributed by atoms with Crippen LogP contribution in [0.25, 0.3) is 0 Å². The van der Waals surface area contributed by atoms with E-state index < -0.39 is 0 Å². The SMILES string of the molecule is Cc1nonc1CN(C)C(=O)[C@H]1CCCN(C2CCCCC2)C1. The summed E-state index contributed by atoms with van der Waals surface area (Å²) in [4.78, 5) is 17.1. The van der Waals surface area contributed by atoms with Gasteiger partial charge in [-0.3, -0.25) is 9.69 Å². The highest BCUT2D eigenvalue weighted by atomic mass is 16.6. The quantitative estimate of drug-likeness (QED) is 0.852. The molecule has 1 aliphatic carbocycles. The number of piperidine rings is 1. The molecule has 0 N–H and O–H groups in total. The molecule has 2 fully saturated rings. The van der Waals surface area contributed by atoms with E-state index in [4.69, 9.17) is 4.63 Å². The van der Waals surface area contributed by atoms with E-state index in [1.807, 2.05) is 14.0 Å². The Morgan fingerprint density at radius 2 is 2.00 bits per heavy atom. The van der Waals surface area contributed by atoms with Crippen LogP contribution >= 0.6 is 0 Å². The summed E-state index contributed by atoms with van der Waals surface area (Å²) >= 11 is 0. The van der Waals surface area contributed by atoms with Crippen molar-refractivity contribution in [3.63, 3.8) is 0 Å². The molecule has 6 heteroatoms. The van der Waals surface area contributed by atoms with Gasteiger partial charge in [0, 0.05) is 19.6 Å². The fourth-order valence-electron chi connectivity index (χ4n) is 3.99. The van der Waals surface area contributed by atoms with Gasteiger partial charge in [-0.15, -0.1) is 0 Å². The van der Waals surface area contributed by atoms with Crippen LogP contribution in [0.5, 0.6) is 0 Å². The molecule has 1 aliphatic heterocycles. The molecule has 3 rings (SSSR count). The number of aromatic nitrogens is 2. The van der Waals surface area contributed by atoms with Crippen LogP contribution < -0.4 is 0 Å². The van der Waals surface area contributed by atoms with E-state index in [0.717, 1.165) is 37.3 Å². The lowest BCUT2D eigenvalue weighted by molar-refractivity contribution is -0.137. The van der Waals surface area contributed by atoms with Gasteiger partial charge in [0.15, 0.2) is 0 Å². The molecular weight excluding hydrogens is 292 g/mol. The number of rotatable bonds is 4. The molecule has 23 heavy (non-hydrogen) atoms. The van der Waals surface area contributed by atoms with Crippen LogP contribution in [0.2, 0.25) is 0 Å². The van der Waals surface area contributed by atoms with Crippen molar-refractivity contribution in [2.24, 2.45) is 5.92 Å². The van der Waals surface area contributed by atoms with E-state index in [1.54, 1.807) is 4.90 Å². The van der Waals surface area contributed by atoms with Gasteiger partial charge in [0.25, 0.3) is 0 Å². The number of likely N-dealkylation sites (tertiary alicyclic amines) is 1. The molecule has 1 atom stereocenters. The summed E-state index contributed by atoms with van der Waals surface area (Å²) in [5, 5.41) is 7.66. The lowest BCUT2D eigenvalue weighted by Crippen LogP contribution is -2.47. The average molecular weight is 320 g/mol. The molecule has 2 aliphatic rings. The second-order valence-corrected chi connectivity index (χ2v) is 7.12. The Labute approximate surface area is 138 Å². The fraction of sp³-hybridized carbons (Fsp3) is 0.824. The summed E-state index contributed by atoms with van der Waals surface area (Å²) in [5.74, 6) is 0.351. The van der Waals surface area contributed by atoms with Gasteiger partial charge in [0.2, 0.25) is 5.91 Å². The molecule has 0 unspecified atom stereocenters. The third-order valence-corrected chi connectivity index (χ3v) is 5.40. The number of amides is 1. The van der Waals surface area contributed by atoms with Gasteiger partial charge in [-0.05, 0) is 39.2 Å². The molecule has 1 saturated carbocycles.